The van der Waals surface area contributed by atoms with Gasteiger partial charge in [0, 0.05) is 36.2 Å². The minimum atomic E-state index is -1.95. The number of hydrogen-bond donors (Lipinski definition) is 3. The lowest BCUT2D eigenvalue weighted by molar-refractivity contribution is -0.119. The van der Waals surface area contributed by atoms with Gasteiger partial charge in [-0.1, -0.05) is 36.4 Å². The fourth-order valence-electron chi connectivity index (χ4n) is 3.04. The number of nitrogens with two attached hydrogens (primary N) is 1. The summed E-state index contributed by atoms with van der Waals surface area (Å²) in [6, 6.07) is 11.7. The van der Waals surface area contributed by atoms with Crippen molar-refractivity contribution < 1.29 is 19.2 Å². The molecular formula is C19H20BFN2O3S. The van der Waals surface area contributed by atoms with Crippen molar-refractivity contribution in [3.63, 3.8) is 0 Å². The molecule has 3 rings (SSSR count). The first-order valence-corrected chi connectivity index (χ1v) is 8.21. The van der Waals surface area contributed by atoms with E-state index < -0.39 is 18.9 Å². The number of ketones is 1. The van der Waals surface area contributed by atoms with E-state index in [-0.39, 0.29) is 43.3 Å². The maximum atomic E-state index is 14.5. The number of rotatable bonds is 6. The quantitative estimate of drug-likeness (QED) is 0.550. The lowest BCUT2D eigenvalue weighted by Gasteiger charge is -2.17. The highest BCUT2D eigenvalue weighted by Crippen LogP contribution is 2.22. The van der Waals surface area contributed by atoms with E-state index in [0.717, 1.165) is 16.3 Å². The molecule has 1 atom stereocenters. The Hall–Kier alpha value is -2.26. The summed E-state index contributed by atoms with van der Waals surface area (Å²) in [7, 11) is -1.95. The van der Waals surface area contributed by atoms with Crippen molar-refractivity contribution in [2.45, 2.75) is 12.3 Å². The van der Waals surface area contributed by atoms with Crippen LogP contribution in [-0.2, 0) is 11.2 Å². The molecule has 27 heavy (non-hydrogen) atoms. The zero-order valence-electron chi connectivity index (χ0n) is 14.5. The third kappa shape index (κ3) is 4.54. The predicted octanol–water partition coefficient (Wildman–Crippen LogP) is 1.02. The fraction of sp³-hybridized carbons (Fsp3) is 0.158. The molecule has 1 aromatic heterocycles. The average molecular weight is 386 g/mol. The van der Waals surface area contributed by atoms with Crippen LogP contribution in [0.4, 0.5) is 4.39 Å². The molecule has 140 valence electrons. The smallest absolute Gasteiger partial charge is 0.423 e. The minimum absolute atomic E-state index is 0. The van der Waals surface area contributed by atoms with Crippen LogP contribution in [0.2, 0.25) is 0 Å². The van der Waals surface area contributed by atoms with Crippen LogP contribution in [0.3, 0.4) is 0 Å². The first kappa shape index (κ1) is 21.0. The SMILES string of the molecule is NC[C@@H](C(=O)Cc1ccc2cnccc2c1)c1cccc(B(O)O)c1F.S. The van der Waals surface area contributed by atoms with Crippen LogP contribution in [0.5, 0.6) is 0 Å². The maximum absolute atomic E-state index is 14.5. The number of halogens is 1. The molecule has 0 fully saturated rings. The molecule has 4 N–H and O–H groups in total. The second-order valence-electron chi connectivity index (χ2n) is 6.11. The molecule has 8 heteroatoms. The van der Waals surface area contributed by atoms with Gasteiger partial charge in [0.15, 0.2) is 0 Å². The van der Waals surface area contributed by atoms with Gasteiger partial charge in [-0.05, 0) is 22.6 Å². The largest absolute Gasteiger partial charge is 0.491 e. The second kappa shape index (κ2) is 9.10. The van der Waals surface area contributed by atoms with Crippen molar-refractivity contribution in [3.8, 4) is 0 Å². The van der Waals surface area contributed by atoms with Gasteiger partial charge < -0.3 is 15.8 Å². The van der Waals surface area contributed by atoms with Crippen molar-refractivity contribution >= 4 is 42.6 Å². The Morgan fingerprint density at radius 3 is 2.67 bits per heavy atom. The average Bonchev–Trinajstić information content (AvgIpc) is 2.63. The molecular weight excluding hydrogens is 366 g/mol. The van der Waals surface area contributed by atoms with Crippen LogP contribution >= 0.6 is 13.5 Å². The first-order chi connectivity index (χ1) is 12.5. The third-order valence-corrected chi connectivity index (χ3v) is 4.42. The van der Waals surface area contributed by atoms with Gasteiger partial charge in [-0.3, -0.25) is 9.78 Å². The van der Waals surface area contributed by atoms with Crippen molar-refractivity contribution in [1.82, 2.24) is 4.98 Å². The van der Waals surface area contributed by atoms with E-state index in [0.29, 0.717) is 0 Å². The summed E-state index contributed by atoms with van der Waals surface area (Å²) in [6.45, 7) is -0.0712. The van der Waals surface area contributed by atoms with Gasteiger partial charge >= 0.3 is 7.12 Å². The van der Waals surface area contributed by atoms with E-state index in [1.54, 1.807) is 12.4 Å². The standard InChI is InChI=1S/C19H18BFN2O3.H2S/c21-19-15(2-1-3-17(19)20(25)26)16(10-22)18(24)9-12-4-5-14-11-23-7-6-13(14)8-12;/h1-8,11,16,25-26H,9-10,22H2;1H2/t16-;/m1./s1. The van der Waals surface area contributed by atoms with Crippen molar-refractivity contribution in [2.24, 2.45) is 5.73 Å². The summed E-state index contributed by atoms with van der Waals surface area (Å²) >= 11 is 0. The molecule has 0 unspecified atom stereocenters. The molecule has 5 nitrogen and oxygen atoms in total. The normalized spacial score (nSPS) is 11.7. The number of pyridine rings is 1. The Labute approximate surface area is 163 Å². The number of hydrogen-bond acceptors (Lipinski definition) is 5. The van der Waals surface area contributed by atoms with Gasteiger partial charge in [-0.15, -0.1) is 0 Å². The zero-order valence-corrected chi connectivity index (χ0v) is 15.5. The highest BCUT2D eigenvalue weighted by molar-refractivity contribution is 7.59. The Morgan fingerprint density at radius 2 is 1.96 bits per heavy atom. The topological polar surface area (TPSA) is 96.4 Å². The number of Topliss-reactive ketones (excluding diaryl/α,β-unsaturated/α-hetero) is 1. The summed E-state index contributed by atoms with van der Waals surface area (Å²) in [5, 5.41) is 20.4. The predicted molar refractivity (Wildman–Crippen MR) is 109 cm³/mol. The Kier molecular flexibility index (Phi) is 7.09. The van der Waals surface area contributed by atoms with Crippen LogP contribution in [0.25, 0.3) is 10.8 Å². The van der Waals surface area contributed by atoms with E-state index in [9.17, 15) is 19.2 Å². The first-order valence-electron chi connectivity index (χ1n) is 8.21. The van der Waals surface area contributed by atoms with E-state index in [1.807, 2.05) is 24.3 Å². The van der Waals surface area contributed by atoms with E-state index >= 15 is 0 Å². The van der Waals surface area contributed by atoms with Crippen LogP contribution in [0.15, 0.2) is 54.9 Å². The third-order valence-electron chi connectivity index (χ3n) is 4.42. The summed E-state index contributed by atoms with van der Waals surface area (Å²) < 4.78 is 14.5. The lowest BCUT2D eigenvalue weighted by atomic mass is 9.77. The number of nitrogens with zero attached hydrogens (tertiary/aromatic N) is 1. The van der Waals surface area contributed by atoms with Gasteiger partial charge in [0.25, 0.3) is 0 Å². The zero-order chi connectivity index (χ0) is 18.7. The second-order valence-corrected chi connectivity index (χ2v) is 6.11. The maximum Gasteiger partial charge on any atom is 0.491 e. The van der Waals surface area contributed by atoms with E-state index in [4.69, 9.17) is 5.73 Å². The number of carbonyl (C=O) groups is 1. The molecule has 0 aliphatic carbocycles. The molecule has 0 radical (unpaired) electrons. The molecule has 0 spiro atoms. The highest BCUT2D eigenvalue weighted by atomic mass is 32.1. The molecule has 0 aliphatic rings. The Bertz CT molecular complexity index is 955. The molecule has 0 aliphatic heterocycles. The van der Waals surface area contributed by atoms with Gasteiger partial charge in [0.2, 0.25) is 0 Å². The summed E-state index contributed by atoms with van der Waals surface area (Å²) in [5.74, 6) is -1.90. The summed E-state index contributed by atoms with van der Waals surface area (Å²) in [5.41, 5.74) is 6.33. The number of benzene rings is 2. The fourth-order valence-corrected chi connectivity index (χ4v) is 3.04. The van der Waals surface area contributed by atoms with E-state index in [2.05, 4.69) is 4.98 Å². The number of aromatic nitrogens is 1. The summed E-state index contributed by atoms with van der Waals surface area (Å²) in [6.07, 6.45) is 3.52. The molecule has 2 aromatic carbocycles. The van der Waals surface area contributed by atoms with Crippen LogP contribution < -0.4 is 11.2 Å². The number of carbonyl (C=O) groups excluding carboxylic acids is 1. The summed E-state index contributed by atoms with van der Waals surface area (Å²) in [4.78, 5) is 16.8. The van der Waals surface area contributed by atoms with Crippen LogP contribution in [0.1, 0.15) is 17.0 Å². The van der Waals surface area contributed by atoms with Gasteiger partial charge in [0.1, 0.15) is 11.6 Å². The Morgan fingerprint density at radius 1 is 1.19 bits per heavy atom. The monoisotopic (exact) mass is 386 g/mol. The van der Waals surface area contributed by atoms with E-state index in [1.165, 1.54) is 18.2 Å². The van der Waals surface area contributed by atoms with Gasteiger partial charge in [-0.2, -0.15) is 13.5 Å². The molecule has 1 heterocycles. The number of fused-ring (bicyclic) bond motifs is 1. The van der Waals surface area contributed by atoms with Gasteiger partial charge in [-0.25, -0.2) is 4.39 Å². The molecule has 0 saturated heterocycles. The van der Waals surface area contributed by atoms with Gasteiger partial charge in [0.05, 0.1) is 5.92 Å². The molecule has 0 bridgehead atoms. The molecule has 3 aromatic rings. The van der Waals surface area contributed by atoms with Crippen molar-refractivity contribution in [1.29, 1.82) is 0 Å². The lowest BCUT2D eigenvalue weighted by Crippen LogP contribution is -2.35. The molecule has 0 amide bonds. The van der Waals surface area contributed by atoms with Crippen LogP contribution in [-0.4, -0.2) is 34.5 Å². The van der Waals surface area contributed by atoms with Crippen LogP contribution in [0, 0.1) is 5.82 Å². The highest BCUT2D eigenvalue weighted by Gasteiger charge is 2.26. The van der Waals surface area contributed by atoms with Crippen molar-refractivity contribution in [3.05, 3.63) is 71.8 Å². The molecule has 0 saturated carbocycles. The van der Waals surface area contributed by atoms with Crippen molar-refractivity contribution in [2.75, 3.05) is 6.54 Å². The minimum Gasteiger partial charge on any atom is -0.423 e. The Balaban J connectivity index is 0.00000261.